The Morgan fingerprint density at radius 2 is 1.95 bits per heavy atom. The lowest BCUT2D eigenvalue weighted by molar-refractivity contribution is -0.109. The molecule has 2 atom stereocenters. The van der Waals surface area contributed by atoms with Gasteiger partial charge in [0.15, 0.2) is 0 Å². The lowest BCUT2D eigenvalue weighted by atomic mass is 9.67. The molecule has 5 rings (SSSR count). The Kier molecular flexibility index (Phi) is 8.64. The molecule has 1 aromatic carbocycles. The molecule has 1 spiro atoms. The number of methoxy groups -OCH3 is 1. The SMILES string of the molecule is C#Cc1csc(CN[C@@H](CC2(c3ccccn3)CCOC3(CCCC3)C2)OS(=O)(=O)c2ccc(C)cc2)c1OC. The number of aromatic nitrogens is 1. The fraction of sp³-hybridized carbons (Fsp3) is 0.452. The number of thiophene rings is 1. The highest BCUT2D eigenvalue weighted by molar-refractivity contribution is 7.86. The molecule has 0 bridgehead atoms. The van der Waals surface area contributed by atoms with Crippen LogP contribution in [0.2, 0.25) is 0 Å². The Morgan fingerprint density at radius 1 is 1.18 bits per heavy atom. The van der Waals surface area contributed by atoms with Gasteiger partial charge in [0, 0.05) is 35.8 Å². The summed E-state index contributed by atoms with van der Waals surface area (Å²) in [4.78, 5) is 5.78. The molecule has 1 aliphatic carbocycles. The molecule has 2 fully saturated rings. The van der Waals surface area contributed by atoms with Gasteiger partial charge in [-0.25, -0.2) is 4.18 Å². The second kappa shape index (κ2) is 12.0. The van der Waals surface area contributed by atoms with E-state index in [9.17, 15) is 8.42 Å². The van der Waals surface area contributed by atoms with E-state index in [0.29, 0.717) is 30.9 Å². The van der Waals surface area contributed by atoms with Crippen molar-refractivity contribution in [2.45, 2.75) is 80.6 Å². The van der Waals surface area contributed by atoms with E-state index in [-0.39, 0.29) is 10.5 Å². The summed E-state index contributed by atoms with van der Waals surface area (Å²) in [6.07, 6.45) is 12.8. The predicted molar refractivity (Wildman–Crippen MR) is 156 cm³/mol. The Labute approximate surface area is 241 Å². The molecule has 1 saturated carbocycles. The third-order valence-electron chi connectivity index (χ3n) is 8.17. The molecule has 0 amide bonds. The van der Waals surface area contributed by atoms with Gasteiger partial charge >= 0.3 is 0 Å². The zero-order chi connectivity index (χ0) is 28.2. The number of rotatable bonds is 10. The van der Waals surface area contributed by atoms with Crippen molar-refractivity contribution < 1.29 is 22.1 Å². The number of nitrogens with one attached hydrogen (secondary N) is 1. The number of aryl methyl sites for hydroxylation is 1. The van der Waals surface area contributed by atoms with Crippen LogP contribution < -0.4 is 10.1 Å². The van der Waals surface area contributed by atoms with Crippen molar-refractivity contribution in [1.82, 2.24) is 10.3 Å². The van der Waals surface area contributed by atoms with Gasteiger partial charge in [0.2, 0.25) is 0 Å². The Balaban J connectivity index is 1.49. The smallest absolute Gasteiger partial charge is 0.298 e. The normalized spacial score (nSPS) is 21.2. The quantitative estimate of drug-likeness (QED) is 0.187. The molecule has 2 aliphatic rings. The maximum Gasteiger partial charge on any atom is 0.298 e. The first-order chi connectivity index (χ1) is 19.3. The summed E-state index contributed by atoms with van der Waals surface area (Å²) in [5, 5.41) is 5.27. The standard InChI is InChI=1S/C31H36N2O5S2/c1-4-24-21-39-26(29(24)36-3)20-33-28(38-40(34,35)25-12-10-23(2)11-13-25)19-30(27-9-5-8-17-32-27)16-18-37-31(22-30)14-6-7-15-31/h1,5,8-13,17,21,28,33H,6-7,14-16,18-20,22H2,2-3H3/t28-,30?/m1/s1. The number of ether oxygens (including phenoxy) is 2. The Hall–Kier alpha value is -2.74. The van der Waals surface area contributed by atoms with Crippen LogP contribution in [-0.2, 0) is 31.0 Å². The van der Waals surface area contributed by atoms with Gasteiger partial charge in [-0.15, -0.1) is 17.8 Å². The molecular weight excluding hydrogens is 544 g/mol. The third kappa shape index (κ3) is 6.12. The molecule has 9 heteroatoms. The van der Waals surface area contributed by atoms with Crippen LogP contribution in [-0.4, -0.2) is 38.9 Å². The van der Waals surface area contributed by atoms with E-state index in [1.807, 2.05) is 30.5 Å². The van der Waals surface area contributed by atoms with Gasteiger partial charge < -0.3 is 9.47 Å². The lowest BCUT2D eigenvalue weighted by Crippen LogP contribution is -2.50. The first-order valence-electron chi connectivity index (χ1n) is 13.7. The highest BCUT2D eigenvalue weighted by Crippen LogP contribution is 2.50. The van der Waals surface area contributed by atoms with E-state index in [1.165, 1.54) is 11.3 Å². The van der Waals surface area contributed by atoms with Crippen molar-refractivity contribution >= 4 is 21.5 Å². The summed E-state index contributed by atoms with van der Waals surface area (Å²) in [6.45, 7) is 2.85. The molecule has 0 radical (unpaired) electrons. The summed E-state index contributed by atoms with van der Waals surface area (Å²) >= 11 is 1.47. The second-order valence-corrected chi connectivity index (χ2v) is 13.4. The van der Waals surface area contributed by atoms with E-state index in [4.69, 9.17) is 25.1 Å². The van der Waals surface area contributed by atoms with Crippen LogP contribution in [0, 0.1) is 19.3 Å². The molecule has 7 nitrogen and oxygen atoms in total. The van der Waals surface area contributed by atoms with Gasteiger partial charge in [-0.2, -0.15) is 8.42 Å². The predicted octanol–water partition coefficient (Wildman–Crippen LogP) is 5.71. The molecule has 1 aliphatic heterocycles. The van der Waals surface area contributed by atoms with Crippen LogP contribution in [0.4, 0.5) is 0 Å². The molecule has 3 heterocycles. The molecule has 40 heavy (non-hydrogen) atoms. The highest BCUT2D eigenvalue weighted by atomic mass is 32.2. The number of hydrogen-bond acceptors (Lipinski definition) is 8. The van der Waals surface area contributed by atoms with Gasteiger partial charge in [-0.1, -0.05) is 42.5 Å². The van der Waals surface area contributed by atoms with Crippen molar-refractivity contribution in [3.8, 4) is 18.1 Å². The van der Waals surface area contributed by atoms with Gasteiger partial charge in [-0.05, 0) is 63.3 Å². The maximum absolute atomic E-state index is 13.5. The van der Waals surface area contributed by atoms with Gasteiger partial charge in [0.05, 0.1) is 28.0 Å². The molecular formula is C31H36N2O5S2. The summed E-state index contributed by atoms with van der Waals surface area (Å²) < 4.78 is 45.0. The lowest BCUT2D eigenvalue weighted by Gasteiger charge is -2.47. The molecule has 212 valence electrons. The van der Waals surface area contributed by atoms with E-state index < -0.39 is 21.8 Å². The summed E-state index contributed by atoms with van der Waals surface area (Å²) in [5.74, 6) is 3.27. The van der Waals surface area contributed by atoms with E-state index in [1.54, 1.807) is 37.6 Å². The Morgan fingerprint density at radius 3 is 2.62 bits per heavy atom. The first kappa shape index (κ1) is 28.8. The van der Waals surface area contributed by atoms with Crippen LogP contribution in [0.1, 0.15) is 66.6 Å². The number of terminal acetylenes is 1. The largest absolute Gasteiger partial charge is 0.494 e. The fourth-order valence-electron chi connectivity index (χ4n) is 6.18. The highest BCUT2D eigenvalue weighted by Gasteiger charge is 2.50. The van der Waals surface area contributed by atoms with E-state index >= 15 is 0 Å². The van der Waals surface area contributed by atoms with Gasteiger partial charge in [-0.3, -0.25) is 10.3 Å². The average Bonchev–Trinajstić information content (AvgIpc) is 3.58. The number of nitrogens with zero attached hydrogens (tertiary/aromatic N) is 1. The summed E-state index contributed by atoms with van der Waals surface area (Å²) in [5.41, 5.74) is 1.95. The van der Waals surface area contributed by atoms with Crippen molar-refractivity contribution in [3.05, 3.63) is 75.7 Å². The zero-order valence-corrected chi connectivity index (χ0v) is 24.7. The second-order valence-electron chi connectivity index (χ2n) is 10.8. The fourth-order valence-corrected chi connectivity index (χ4v) is 8.11. The van der Waals surface area contributed by atoms with Crippen LogP contribution in [0.5, 0.6) is 5.75 Å². The van der Waals surface area contributed by atoms with Crippen molar-refractivity contribution in [2.24, 2.45) is 0 Å². The number of hydrogen-bond donors (Lipinski definition) is 1. The zero-order valence-electron chi connectivity index (χ0n) is 23.0. The number of benzene rings is 1. The molecule has 1 unspecified atom stereocenters. The minimum absolute atomic E-state index is 0.124. The van der Waals surface area contributed by atoms with Crippen LogP contribution in [0.25, 0.3) is 0 Å². The average molecular weight is 581 g/mol. The molecule has 1 N–H and O–H groups in total. The summed E-state index contributed by atoms with van der Waals surface area (Å²) in [7, 11) is -2.47. The van der Waals surface area contributed by atoms with Gasteiger partial charge in [0.25, 0.3) is 10.1 Å². The van der Waals surface area contributed by atoms with E-state index in [0.717, 1.165) is 54.7 Å². The monoisotopic (exact) mass is 580 g/mol. The minimum Gasteiger partial charge on any atom is -0.494 e. The van der Waals surface area contributed by atoms with Crippen molar-refractivity contribution in [2.75, 3.05) is 13.7 Å². The van der Waals surface area contributed by atoms with Crippen molar-refractivity contribution in [1.29, 1.82) is 0 Å². The van der Waals surface area contributed by atoms with Crippen LogP contribution >= 0.6 is 11.3 Å². The van der Waals surface area contributed by atoms with Gasteiger partial charge in [0.1, 0.15) is 12.0 Å². The molecule has 1 saturated heterocycles. The Bertz CT molecular complexity index is 1440. The van der Waals surface area contributed by atoms with Crippen LogP contribution in [0.3, 0.4) is 0 Å². The first-order valence-corrected chi connectivity index (χ1v) is 16.0. The van der Waals surface area contributed by atoms with E-state index in [2.05, 4.69) is 11.2 Å². The molecule has 2 aromatic heterocycles. The number of pyridine rings is 1. The minimum atomic E-state index is -4.06. The topological polar surface area (TPSA) is 86.8 Å². The molecule has 3 aromatic rings. The third-order valence-corrected chi connectivity index (χ3v) is 10.5. The van der Waals surface area contributed by atoms with Crippen molar-refractivity contribution in [3.63, 3.8) is 0 Å². The maximum atomic E-state index is 13.5. The van der Waals surface area contributed by atoms with Crippen LogP contribution in [0.15, 0.2) is 58.9 Å². The summed E-state index contributed by atoms with van der Waals surface area (Å²) in [6, 6.07) is 12.6.